The molecule has 5 rings (SSSR count). The van der Waals surface area contributed by atoms with Gasteiger partial charge < -0.3 is 9.84 Å². The first-order valence-electron chi connectivity index (χ1n) is 10.7. The predicted octanol–water partition coefficient (Wildman–Crippen LogP) is 6.46. The van der Waals surface area contributed by atoms with Crippen molar-refractivity contribution in [3.63, 3.8) is 0 Å². The van der Waals surface area contributed by atoms with E-state index in [4.69, 9.17) is 21.7 Å². The molecule has 5 nitrogen and oxygen atoms in total. The second kappa shape index (κ2) is 9.40. The summed E-state index contributed by atoms with van der Waals surface area (Å²) in [5.41, 5.74) is 4.05. The van der Waals surface area contributed by atoms with Gasteiger partial charge in [0.05, 0.1) is 17.3 Å². The van der Waals surface area contributed by atoms with Gasteiger partial charge >= 0.3 is 0 Å². The number of anilines is 1. The number of allylic oxidation sites excluding steroid dienone is 1. The van der Waals surface area contributed by atoms with E-state index < -0.39 is 0 Å². The van der Waals surface area contributed by atoms with E-state index in [0.29, 0.717) is 22.5 Å². The lowest BCUT2D eigenvalue weighted by molar-refractivity contribution is 0.404. The summed E-state index contributed by atoms with van der Waals surface area (Å²) in [6.45, 7) is 1.93. The van der Waals surface area contributed by atoms with E-state index in [2.05, 4.69) is 10.5 Å². The maximum Gasteiger partial charge on any atom is 0.258 e. The second-order valence-corrected chi connectivity index (χ2v) is 9.03. The molecule has 34 heavy (non-hydrogen) atoms. The van der Waals surface area contributed by atoms with Gasteiger partial charge in [0, 0.05) is 16.2 Å². The highest BCUT2D eigenvalue weighted by atomic mass is 32.2. The highest BCUT2D eigenvalue weighted by Gasteiger charge is 2.34. The Bertz CT molecular complexity index is 1370. The van der Waals surface area contributed by atoms with E-state index in [-0.39, 0.29) is 11.9 Å². The molecule has 3 aromatic carbocycles. The molecule has 0 radical (unpaired) electrons. The Kier molecular flexibility index (Phi) is 6.17. The normalized spacial score (nSPS) is 16.0. The molecular weight excluding hydrogens is 467 g/mol. The Morgan fingerprint density at radius 3 is 2.50 bits per heavy atom. The zero-order chi connectivity index (χ0) is 23.7. The van der Waals surface area contributed by atoms with Crippen LogP contribution < -0.4 is 10.2 Å². The smallest absolute Gasteiger partial charge is 0.258 e. The monoisotopic (exact) mass is 488 g/mol. The van der Waals surface area contributed by atoms with Crippen LogP contribution in [0.4, 0.5) is 10.1 Å². The van der Waals surface area contributed by atoms with Gasteiger partial charge in [0.1, 0.15) is 5.82 Å². The fraction of sp³-hybridized carbons (Fsp3) is 0.115. The molecule has 0 aliphatic carbocycles. The van der Waals surface area contributed by atoms with Crippen molar-refractivity contribution >= 4 is 40.4 Å². The van der Waals surface area contributed by atoms with E-state index >= 15 is 0 Å². The number of hydrogen-bond acceptors (Lipinski definition) is 5. The largest absolute Gasteiger partial charge is 0.351 e. The molecule has 0 bridgehead atoms. The van der Waals surface area contributed by atoms with Gasteiger partial charge in [-0.3, -0.25) is 4.90 Å². The topological polar surface area (TPSA) is 54.2 Å². The third-order valence-corrected chi connectivity index (χ3v) is 6.73. The Labute approximate surface area is 206 Å². The lowest BCUT2D eigenvalue weighted by Gasteiger charge is -2.37. The molecule has 1 atom stereocenters. The third kappa shape index (κ3) is 4.22. The molecular formula is C26H21FN4OS2. The summed E-state index contributed by atoms with van der Waals surface area (Å²) in [5.74, 6) is 0.542. The lowest BCUT2D eigenvalue weighted by Crippen LogP contribution is -2.46. The summed E-state index contributed by atoms with van der Waals surface area (Å²) in [7, 11) is 0. The van der Waals surface area contributed by atoms with Crippen molar-refractivity contribution in [3.8, 4) is 11.4 Å². The number of thioether (sulfide) groups is 1. The zero-order valence-electron chi connectivity index (χ0n) is 18.5. The van der Waals surface area contributed by atoms with Gasteiger partial charge in [-0.15, -0.1) is 11.8 Å². The second-order valence-electron chi connectivity index (χ2n) is 7.76. The maximum atomic E-state index is 14.0. The van der Waals surface area contributed by atoms with Crippen LogP contribution in [0.1, 0.15) is 24.4 Å². The first kappa shape index (κ1) is 22.3. The van der Waals surface area contributed by atoms with E-state index in [1.165, 1.54) is 12.1 Å². The van der Waals surface area contributed by atoms with Gasteiger partial charge in [-0.05, 0) is 73.4 Å². The van der Waals surface area contributed by atoms with E-state index in [1.807, 2.05) is 73.8 Å². The molecule has 0 saturated heterocycles. The summed E-state index contributed by atoms with van der Waals surface area (Å²) < 4.78 is 19.8. The van der Waals surface area contributed by atoms with Crippen molar-refractivity contribution in [2.75, 3.05) is 11.2 Å². The molecule has 0 amide bonds. The van der Waals surface area contributed by atoms with Crippen LogP contribution in [0.5, 0.6) is 0 Å². The van der Waals surface area contributed by atoms with E-state index in [0.717, 1.165) is 27.3 Å². The first-order valence-corrected chi connectivity index (χ1v) is 12.3. The molecule has 2 heterocycles. The highest BCUT2D eigenvalue weighted by molar-refractivity contribution is 7.98. The summed E-state index contributed by atoms with van der Waals surface area (Å²) in [6.07, 6.45) is 2.03. The standard InChI is InChI=1S/C26H21FN4OS2/c1-16-22(25-29-24(30-32-25)18-11-13-21(34-2)14-12-18)23(17-7-4-3-5-8-17)28-26(33)31(16)20-10-6-9-19(27)15-20/h3-15,23H,1-2H3,(H,28,33). The number of benzene rings is 3. The molecule has 8 heteroatoms. The molecule has 1 aromatic heterocycles. The Hall–Kier alpha value is -3.49. The molecule has 1 unspecified atom stereocenters. The molecule has 170 valence electrons. The minimum Gasteiger partial charge on any atom is -0.351 e. The number of nitrogens with one attached hydrogen (secondary N) is 1. The molecule has 1 aliphatic rings. The van der Waals surface area contributed by atoms with Crippen molar-refractivity contribution < 1.29 is 8.91 Å². The van der Waals surface area contributed by atoms with Crippen LogP contribution in [0.2, 0.25) is 0 Å². The molecule has 0 saturated carbocycles. The van der Waals surface area contributed by atoms with Crippen LogP contribution in [0.15, 0.2) is 94.0 Å². The van der Waals surface area contributed by atoms with Crippen LogP contribution in [-0.4, -0.2) is 21.5 Å². The number of halogens is 1. The Morgan fingerprint density at radius 1 is 1.03 bits per heavy atom. The molecule has 0 fully saturated rings. The number of rotatable bonds is 5. The van der Waals surface area contributed by atoms with Gasteiger partial charge in [0.15, 0.2) is 5.11 Å². The zero-order valence-corrected chi connectivity index (χ0v) is 20.2. The van der Waals surface area contributed by atoms with Crippen molar-refractivity contribution in [2.24, 2.45) is 0 Å². The summed E-state index contributed by atoms with van der Waals surface area (Å²) in [6, 6.07) is 24.0. The number of aromatic nitrogens is 2. The van der Waals surface area contributed by atoms with Crippen LogP contribution >= 0.6 is 24.0 Å². The molecule has 0 spiro atoms. The van der Waals surface area contributed by atoms with Crippen LogP contribution in [-0.2, 0) is 0 Å². The predicted molar refractivity (Wildman–Crippen MR) is 138 cm³/mol. The summed E-state index contributed by atoms with van der Waals surface area (Å²) >= 11 is 7.38. The Morgan fingerprint density at radius 2 is 1.79 bits per heavy atom. The number of hydrogen-bond donors (Lipinski definition) is 1. The first-order chi connectivity index (χ1) is 16.5. The molecule has 4 aromatic rings. The van der Waals surface area contributed by atoms with Crippen molar-refractivity contribution in [2.45, 2.75) is 17.9 Å². The van der Waals surface area contributed by atoms with Gasteiger partial charge in [0.25, 0.3) is 5.89 Å². The quantitative estimate of drug-likeness (QED) is 0.255. The van der Waals surface area contributed by atoms with Crippen molar-refractivity contribution in [1.82, 2.24) is 15.5 Å². The van der Waals surface area contributed by atoms with Gasteiger partial charge in [-0.2, -0.15) is 4.98 Å². The SMILES string of the molecule is CSc1ccc(-c2noc(C3=C(C)N(c4cccc(F)c4)C(=S)NC3c3ccccc3)n2)cc1. The minimum absolute atomic E-state index is 0.300. The highest BCUT2D eigenvalue weighted by Crippen LogP contribution is 2.39. The van der Waals surface area contributed by atoms with Crippen molar-refractivity contribution in [3.05, 3.63) is 102 Å². The van der Waals surface area contributed by atoms with E-state index in [9.17, 15) is 4.39 Å². The third-order valence-electron chi connectivity index (χ3n) is 5.69. The van der Waals surface area contributed by atoms with Gasteiger partial charge in [-0.25, -0.2) is 4.39 Å². The van der Waals surface area contributed by atoms with Crippen LogP contribution in [0.3, 0.4) is 0 Å². The lowest BCUT2D eigenvalue weighted by atomic mass is 9.94. The average molecular weight is 489 g/mol. The number of thiocarbonyl (C=S) groups is 1. The minimum atomic E-state index is -0.339. The van der Waals surface area contributed by atoms with E-state index in [1.54, 1.807) is 22.7 Å². The van der Waals surface area contributed by atoms with Gasteiger partial charge in [-0.1, -0.05) is 41.6 Å². The molecule has 1 N–H and O–H groups in total. The van der Waals surface area contributed by atoms with Gasteiger partial charge in [0.2, 0.25) is 5.82 Å². The molecule has 1 aliphatic heterocycles. The fourth-order valence-electron chi connectivity index (χ4n) is 4.03. The van der Waals surface area contributed by atoms with Crippen LogP contribution in [0, 0.1) is 5.82 Å². The summed E-state index contributed by atoms with van der Waals surface area (Å²) in [4.78, 5) is 7.68. The summed E-state index contributed by atoms with van der Waals surface area (Å²) in [5, 5.41) is 8.10. The van der Waals surface area contributed by atoms with Crippen LogP contribution in [0.25, 0.3) is 17.0 Å². The Balaban J connectivity index is 1.63. The fourth-order valence-corrected chi connectivity index (χ4v) is 4.80. The average Bonchev–Trinajstić information content (AvgIpc) is 3.34. The maximum absolute atomic E-state index is 14.0. The van der Waals surface area contributed by atoms with Crippen molar-refractivity contribution in [1.29, 1.82) is 0 Å². The number of nitrogens with zero attached hydrogens (tertiary/aromatic N) is 3.